The fourth-order valence-electron chi connectivity index (χ4n) is 2.06. The van der Waals surface area contributed by atoms with Gasteiger partial charge in [0.1, 0.15) is 17.3 Å². The summed E-state index contributed by atoms with van der Waals surface area (Å²) >= 11 is 0. The molecule has 0 saturated heterocycles. The predicted octanol–water partition coefficient (Wildman–Crippen LogP) is 3.17. The summed E-state index contributed by atoms with van der Waals surface area (Å²) in [7, 11) is 0. The average Bonchev–Trinajstić information content (AvgIpc) is 2.86. The third-order valence-electron chi connectivity index (χ3n) is 3.18. The van der Waals surface area contributed by atoms with E-state index in [1.807, 2.05) is 13.8 Å². The van der Waals surface area contributed by atoms with Gasteiger partial charge in [-0.3, -0.25) is 9.48 Å². The van der Waals surface area contributed by atoms with E-state index in [1.165, 1.54) is 6.07 Å². The topological polar surface area (TPSA) is 34.9 Å². The molecule has 0 amide bonds. The Kier molecular flexibility index (Phi) is 4.27. The molecule has 0 atom stereocenters. The molecule has 3 nitrogen and oxygen atoms in total. The Bertz CT molecular complexity index is 615. The molecule has 106 valence electrons. The van der Waals surface area contributed by atoms with E-state index in [0.29, 0.717) is 18.7 Å². The first-order chi connectivity index (χ1) is 9.56. The van der Waals surface area contributed by atoms with Crippen molar-refractivity contribution in [3.63, 3.8) is 0 Å². The molecule has 0 unspecified atom stereocenters. The van der Waals surface area contributed by atoms with E-state index in [9.17, 15) is 13.6 Å². The summed E-state index contributed by atoms with van der Waals surface area (Å²) in [5, 5.41) is 4.26. The molecule has 20 heavy (non-hydrogen) atoms. The largest absolute Gasteiger partial charge is 0.292 e. The van der Waals surface area contributed by atoms with E-state index in [0.717, 1.165) is 17.8 Å². The van der Waals surface area contributed by atoms with Crippen LogP contribution in [0.25, 0.3) is 0 Å². The van der Waals surface area contributed by atoms with Crippen LogP contribution < -0.4 is 0 Å². The SMILES string of the molecule is CCc1cc(C(=O)Cc2c(F)cccc2F)n(CC)n1. The van der Waals surface area contributed by atoms with Crippen LogP contribution in [0, 0.1) is 11.6 Å². The number of carbonyl (C=O) groups excluding carboxylic acids is 1. The number of carbonyl (C=O) groups is 1. The lowest BCUT2D eigenvalue weighted by atomic mass is 10.1. The van der Waals surface area contributed by atoms with Gasteiger partial charge < -0.3 is 0 Å². The highest BCUT2D eigenvalue weighted by molar-refractivity contribution is 5.96. The number of rotatable bonds is 5. The second kappa shape index (κ2) is 5.94. The predicted molar refractivity (Wildman–Crippen MR) is 71.7 cm³/mol. The van der Waals surface area contributed by atoms with Crippen LogP contribution >= 0.6 is 0 Å². The number of hydrogen-bond acceptors (Lipinski definition) is 2. The van der Waals surface area contributed by atoms with E-state index in [1.54, 1.807) is 10.7 Å². The fraction of sp³-hybridized carbons (Fsp3) is 0.333. The molecule has 0 bridgehead atoms. The number of hydrogen-bond donors (Lipinski definition) is 0. The number of ketones is 1. The maximum Gasteiger partial charge on any atom is 0.185 e. The number of halogens is 2. The van der Waals surface area contributed by atoms with Gasteiger partial charge in [0.2, 0.25) is 0 Å². The van der Waals surface area contributed by atoms with Crippen molar-refractivity contribution in [1.29, 1.82) is 0 Å². The van der Waals surface area contributed by atoms with Crippen molar-refractivity contribution in [2.24, 2.45) is 0 Å². The molecule has 5 heteroatoms. The second-order valence-corrected chi connectivity index (χ2v) is 4.49. The first kappa shape index (κ1) is 14.4. The molecule has 1 aromatic heterocycles. The highest BCUT2D eigenvalue weighted by Crippen LogP contribution is 2.16. The van der Waals surface area contributed by atoms with Crippen LogP contribution in [0.5, 0.6) is 0 Å². The Labute approximate surface area is 116 Å². The summed E-state index contributed by atoms with van der Waals surface area (Å²) < 4.78 is 28.7. The van der Waals surface area contributed by atoms with Gasteiger partial charge in [0.25, 0.3) is 0 Å². The van der Waals surface area contributed by atoms with Crippen molar-refractivity contribution >= 4 is 5.78 Å². The molecule has 0 saturated carbocycles. The molecule has 0 aliphatic heterocycles. The van der Waals surface area contributed by atoms with Gasteiger partial charge in [0.15, 0.2) is 5.78 Å². The standard InChI is InChI=1S/C15H16F2N2O/c1-3-10-8-14(19(4-2)18-10)15(20)9-11-12(16)6-5-7-13(11)17/h5-8H,3-4,9H2,1-2H3. The van der Waals surface area contributed by atoms with Crippen LogP contribution in [0.3, 0.4) is 0 Å². The number of nitrogens with zero attached hydrogens (tertiary/aromatic N) is 2. The van der Waals surface area contributed by atoms with E-state index >= 15 is 0 Å². The van der Waals surface area contributed by atoms with E-state index in [-0.39, 0.29) is 17.8 Å². The van der Waals surface area contributed by atoms with Gasteiger partial charge in [-0.25, -0.2) is 8.78 Å². The minimum atomic E-state index is -0.698. The Morgan fingerprint density at radius 1 is 1.25 bits per heavy atom. The third-order valence-corrected chi connectivity index (χ3v) is 3.18. The van der Waals surface area contributed by atoms with E-state index < -0.39 is 11.6 Å². The van der Waals surface area contributed by atoms with Crippen molar-refractivity contribution in [1.82, 2.24) is 9.78 Å². The van der Waals surface area contributed by atoms with Crippen LogP contribution in [0.1, 0.15) is 35.6 Å². The molecule has 0 aliphatic carbocycles. The molecule has 1 aromatic carbocycles. The lowest BCUT2D eigenvalue weighted by Gasteiger charge is -2.05. The lowest BCUT2D eigenvalue weighted by Crippen LogP contribution is -2.13. The minimum absolute atomic E-state index is 0.195. The van der Waals surface area contributed by atoms with E-state index in [2.05, 4.69) is 5.10 Å². The Morgan fingerprint density at radius 3 is 2.45 bits per heavy atom. The van der Waals surface area contributed by atoms with Crippen LogP contribution in [-0.2, 0) is 19.4 Å². The zero-order valence-corrected chi connectivity index (χ0v) is 11.5. The Balaban J connectivity index is 2.30. The van der Waals surface area contributed by atoms with Gasteiger partial charge in [-0.15, -0.1) is 0 Å². The van der Waals surface area contributed by atoms with Crippen LogP contribution in [-0.4, -0.2) is 15.6 Å². The molecular formula is C15H16F2N2O. The van der Waals surface area contributed by atoms with Crippen molar-refractivity contribution in [3.8, 4) is 0 Å². The number of benzene rings is 1. The van der Waals surface area contributed by atoms with Crippen LogP contribution in [0.4, 0.5) is 8.78 Å². The molecule has 0 N–H and O–H groups in total. The molecule has 2 aromatic rings. The van der Waals surface area contributed by atoms with Crippen molar-refractivity contribution in [2.45, 2.75) is 33.2 Å². The monoisotopic (exact) mass is 278 g/mol. The Hall–Kier alpha value is -2.04. The first-order valence-corrected chi connectivity index (χ1v) is 6.59. The highest BCUT2D eigenvalue weighted by Gasteiger charge is 2.18. The van der Waals surface area contributed by atoms with Gasteiger partial charge >= 0.3 is 0 Å². The summed E-state index contributed by atoms with van der Waals surface area (Å²) in [5.41, 5.74) is 0.996. The van der Waals surface area contributed by atoms with Gasteiger partial charge in [0.05, 0.1) is 5.69 Å². The summed E-state index contributed by atoms with van der Waals surface area (Å²) in [6.07, 6.45) is 0.411. The quantitative estimate of drug-likeness (QED) is 0.787. The van der Waals surface area contributed by atoms with Crippen molar-refractivity contribution in [3.05, 3.63) is 52.9 Å². The van der Waals surface area contributed by atoms with Gasteiger partial charge in [0, 0.05) is 18.5 Å². The van der Waals surface area contributed by atoms with Gasteiger partial charge in [-0.05, 0) is 31.5 Å². The summed E-state index contributed by atoms with van der Waals surface area (Å²) in [6, 6.07) is 5.27. The zero-order valence-electron chi connectivity index (χ0n) is 11.5. The molecule has 2 rings (SSSR count). The summed E-state index contributed by atoms with van der Waals surface area (Å²) in [4.78, 5) is 12.2. The minimum Gasteiger partial charge on any atom is -0.292 e. The third kappa shape index (κ3) is 2.76. The number of aromatic nitrogens is 2. The van der Waals surface area contributed by atoms with Crippen LogP contribution in [0.15, 0.2) is 24.3 Å². The first-order valence-electron chi connectivity index (χ1n) is 6.59. The second-order valence-electron chi connectivity index (χ2n) is 4.49. The van der Waals surface area contributed by atoms with Gasteiger partial charge in [-0.1, -0.05) is 13.0 Å². The highest BCUT2D eigenvalue weighted by atomic mass is 19.1. The molecule has 0 spiro atoms. The maximum absolute atomic E-state index is 13.6. The maximum atomic E-state index is 13.6. The van der Waals surface area contributed by atoms with E-state index in [4.69, 9.17) is 0 Å². The van der Waals surface area contributed by atoms with Crippen LogP contribution in [0.2, 0.25) is 0 Å². The molecule has 0 aliphatic rings. The smallest absolute Gasteiger partial charge is 0.185 e. The van der Waals surface area contributed by atoms with Crippen molar-refractivity contribution < 1.29 is 13.6 Å². The summed E-state index contributed by atoms with van der Waals surface area (Å²) in [5.74, 6) is -1.73. The fourth-order valence-corrected chi connectivity index (χ4v) is 2.06. The molecular weight excluding hydrogens is 262 g/mol. The molecule has 0 radical (unpaired) electrons. The van der Waals surface area contributed by atoms with Gasteiger partial charge in [-0.2, -0.15) is 5.10 Å². The number of aryl methyl sites for hydroxylation is 2. The average molecular weight is 278 g/mol. The van der Waals surface area contributed by atoms with Crippen molar-refractivity contribution in [2.75, 3.05) is 0 Å². The normalized spacial score (nSPS) is 10.8. The Morgan fingerprint density at radius 2 is 1.90 bits per heavy atom. The lowest BCUT2D eigenvalue weighted by molar-refractivity contribution is 0.0980. The zero-order chi connectivity index (χ0) is 14.7. The molecule has 1 heterocycles. The number of Topliss-reactive ketones (excluding diaryl/α,β-unsaturated/α-hetero) is 1. The molecule has 0 fully saturated rings. The summed E-state index contributed by atoms with van der Waals surface area (Å²) in [6.45, 7) is 4.35.